The summed E-state index contributed by atoms with van der Waals surface area (Å²) in [5.74, 6) is 0.812. The zero-order valence-corrected chi connectivity index (χ0v) is 18.5. The molecule has 160 valence electrons. The van der Waals surface area contributed by atoms with Gasteiger partial charge in [-0.1, -0.05) is 30.1 Å². The van der Waals surface area contributed by atoms with Gasteiger partial charge in [0.1, 0.15) is 5.75 Å². The molecule has 6 nitrogen and oxygen atoms in total. The molecule has 3 aromatic carbocycles. The Hall–Kier alpha value is -3.09. The zero-order chi connectivity index (χ0) is 22.2. The molecule has 0 spiro atoms. The molecule has 0 aliphatic rings. The number of benzene rings is 3. The Morgan fingerprint density at radius 2 is 1.55 bits per heavy atom. The van der Waals surface area contributed by atoms with E-state index in [1.54, 1.807) is 60.7 Å². The van der Waals surface area contributed by atoms with E-state index in [1.807, 2.05) is 6.92 Å². The van der Waals surface area contributed by atoms with Crippen molar-refractivity contribution in [3.63, 3.8) is 0 Å². The molecule has 31 heavy (non-hydrogen) atoms. The lowest BCUT2D eigenvalue weighted by atomic mass is 10.2. The van der Waals surface area contributed by atoms with Gasteiger partial charge in [0.15, 0.2) is 11.5 Å². The van der Waals surface area contributed by atoms with Crippen molar-refractivity contribution in [2.75, 3.05) is 13.7 Å². The Morgan fingerprint density at radius 3 is 2.19 bits per heavy atom. The van der Waals surface area contributed by atoms with E-state index in [-0.39, 0.29) is 5.75 Å². The number of nitrogens with zero attached hydrogens (tertiary/aromatic N) is 2. The highest BCUT2D eigenvalue weighted by molar-refractivity contribution is 6.42. The van der Waals surface area contributed by atoms with Crippen molar-refractivity contribution in [1.29, 1.82) is 0 Å². The topological polar surface area (TPSA) is 69.5 Å². The summed E-state index contributed by atoms with van der Waals surface area (Å²) in [4.78, 5) is 12.5. The lowest BCUT2D eigenvalue weighted by Crippen LogP contribution is -2.09. The Morgan fingerprint density at radius 1 is 0.871 bits per heavy atom. The van der Waals surface area contributed by atoms with Crippen LogP contribution in [0.3, 0.4) is 0 Å². The smallest absolute Gasteiger partial charge is 0.343 e. The average molecular weight is 459 g/mol. The van der Waals surface area contributed by atoms with Crippen molar-refractivity contribution >= 4 is 40.5 Å². The molecule has 0 saturated carbocycles. The van der Waals surface area contributed by atoms with E-state index in [1.165, 1.54) is 7.11 Å². The summed E-state index contributed by atoms with van der Waals surface area (Å²) in [6.45, 7) is 2.65. The molecule has 0 aliphatic heterocycles. The summed E-state index contributed by atoms with van der Waals surface area (Å²) >= 11 is 11.9. The van der Waals surface area contributed by atoms with E-state index in [9.17, 15) is 4.79 Å². The van der Waals surface area contributed by atoms with Gasteiger partial charge in [0.2, 0.25) is 0 Å². The Bertz CT molecular complexity index is 1090. The minimum atomic E-state index is -0.509. The molecular formula is C23H20Cl2N2O4. The van der Waals surface area contributed by atoms with E-state index >= 15 is 0 Å². The predicted molar refractivity (Wildman–Crippen MR) is 121 cm³/mol. The van der Waals surface area contributed by atoms with Crippen LogP contribution in [0.4, 0.5) is 11.4 Å². The first-order valence-corrected chi connectivity index (χ1v) is 10.3. The molecule has 0 heterocycles. The highest BCUT2D eigenvalue weighted by Crippen LogP contribution is 2.33. The lowest BCUT2D eigenvalue weighted by Gasteiger charge is -2.10. The van der Waals surface area contributed by atoms with Crippen LogP contribution in [0.5, 0.6) is 17.2 Å². The van der Waals surface area contributed by atoms with Crippen LogP contribution in [0.2, 0.25) is 10.0 Å². The molecule has 0 radical (unpaired) electrons. The number of hydrogen-bond donors (Lipinski definition) is 0. The minimum Gasteiger partial charge on any atom is -0.494 e. The Kier molecular flexibility index (Phi) is 7.87. The highest BCUT2D eigenvalue weighted by atomic mass is 35.5. The summed E-state index contributed by atoms with van der Waals surface area (Å²) in [5.41, 5.74) is 1.46. The van der Waals surface area contributed by atoms with Gasteiger partial charge in [-0.3, -0.25) is 0 Å². The second kappa shape index (κ2) is 10.8. The third-order valence-corrected chi connectivity index (χ3v) is 4.84. The molecule has 0 aliphatic carbocycles. The number of halogens is 2. The normalized spacial score (nSPS) is 10.8. The van der Waals surface area contributed by atoms with Crippen molar-refractivity contribution in [3.05, 3.63) is 76.3 Å². The van der Waals surface area contributed by atoms with Gasteiger partial charge >= 0.3 is 5.97 Å². The second-order valence-corrected chi connectivity index (χ2v) is 7.21. The first-order valence-electron chi connectivity index (χ1n) is 9.50. The highest BCUT2D eigenvalue weighted by Gasteiger charge is 2.13. The van der Waals surface area contributed by atoms with Gasteiger partial charge in [-0.2, -0.15) is 10.2 Å². The maximum absolute atomic E-state index is 12.5. The summed E-state index contributed by atoms with van der Waals surface area (Å²) in [6, 6.07) is 16.6. The molecule has 0 unspecified atom stereocenters. The zero-order valence-electron chi connectivity index (χ0n) is 17.0. The van der Waals surface area contributed by atoms with E-state index < -0.39 is 5.97 Å². The molecule has 3 aromatic rings. The van der Waals surface area contributed by atoms with Gasteiger partial charge < -0.3 is 14.2 Å². The van der Waals surface area contributed by atoms with Crippen LogP contribution in [0, 0.1) is 0 Å². The van der Waals surface area contributed by atoms with Crippen molar-refractivity contribution in [2.24, 2.45) is 10.2 Å². The van der Waals surface area contributed by atoms with E-state index in [2.05, 4.69) is 10.2 Å². The summed E-state index contributed by atoms with van der Waals surface area (Å²) in [6.07, 6.45) is 0.909. The van der Waals surface area contributed by atoms with Gasteiger partial charge in [-0.05, 0) is 61.0 Å². The monoisotopic (exact) mass is 458 g/mol. The van der Waals surface area contributed by atoms with Crippen LogP contribution in [0.25, 0.3) is 0 Å². The maximum atomic E-state index is 12.5. The first-order chi connectivity index (χ1) is 15.0. The molecule has 8 heteroatoms. The SMILES string of the molecule is CCCOc1ccc(C(=O)Oc2ccc(N=Nc3ccc(Cl)c(Cl)c3)cc2OC)cc1. The third-order valence-electron chi connectivity index (χ3n) is 4.10. The number of ether oxygens (including phenoxy) is 3. The van der Waals surface area contributed by atoms with Gasteiger partial charge in [0.05, 0.1) is 40.7 Å². The van der Waals surface area contributed by atoms with Gasteiger partial charge in [-0.15, -0.1) is 0 Å². The summed E-state index contributed by atoms with van der Waals surface area (Å²) < 4.78 is 16.3. The molecule has 3 rings (SSSR count). The molecule has 0 atom stereocenters. The van der Waals surface area contributed by atoms with Gasteiger partial charge in [0, 0.05) is 6.07 Å². The second-order valence-electron chi connectivity index (χ2n) is 6.40. The number of carbonyl (C=O) groups excluding carboxylic acids is 1. The average Bonchev–Trinajstić information content (AvgIpc) is 2.79. The van der Waals surface area contributed by atoms with Crippen molar-refractivity contribution in [1.82, 2.24) is 0 Å². The van der Waals surface area contributed by atoms with Crippen LogP contribution in [-0.2, 0) is 0 Å². The van der Waals surface area contributed by atoms with E-state index in [0.29, 0.717) is 45.1 Å². The molecule has 0 N–H and O–H groups in total. The van der Waals surface area contributed by atoms with Gasteiger partial charge in [-0.25, -0.2) is 4.79 Å². The van der Waals surface area contributed by atoms with Crippen LogP contribution < -0.4 is 14.2 Å². The fourth-order valence-electron chi connectivity index (χ4n) is 2.53. The molecule has 0 fully saturated rings. The summed E-state index contributed by atoms with van der Waals surface area (Å²) in [5, 5.41) is 9.12. The number of hydrogen-bond acceptors (Lipinski definition) is 6. The quantitative estimate of drug-likeness (QED) is 0.200. The number of rotatable bonds is 8. The largest absolute Gasteiger partial charge is 0.494 e. The number of methoxy groups -OCH3 is 1. The Balaban J connectivity index is 1.71. The molecule has 0 amide bonds. The maximum Gasteiger partial charge on any atom is 0.343 e. The number of azo groups is 1. The number of esters is 1. The molecule has 0 saturated heterocycles. The predicted octanol–water partition coefficient (Wildman–Crippen LogP) is 7.43. The van der Waals surface area contributed by atoms with Crippen LogP contribution in [0.1, 0.15) is 23.7 Å². The minimum absolute atomic E-state index is 0.271. The summed E-state index contributed by atoms with van der Waals surface area (Å²) in [7, 11) is 1.48. The standard InChI is InChI=1S/C23H20Cl2N2O4/c1-3-12-30-18-8-4-15(5-9-18)23(28)31-21-11-7-17(14-22(21)29-2)27-26-16-6-10-19(24)20(25)13-16/h4-11,13-14H,3,12H2,1-2H3. The fourth-order valence-corrected chi connectivity index (χ4v) is 2.82. The molecular weight excluding hydrogens is 439 g/mol. The lowest BCUT2D eigenvalue weighted by molar-refractivity contribution is 0.0729. The van der Waals surface area contributed by atoms with Crippen LogP contribution in [-0.4, -0.2) is 19.7 Å². The van der Waals surface area contributed by atoms with E-state index in [4.69, 9.17) is 37.4 Å². The first kappa shape index (κ1) is 22.6. The molecule has 0 aromatic heterocycles. The Labute approximate surface area is 190 Å². The van der Waals surface area contributed by atoms with Crippen LogP contribution >= 0.6 is 23.2 Å². The van der Waals surface area contributed by atoms with Crippen molar-refractivity contribution in [2.45, 2.75) is 13.3 Å². The van der Waals surface area contributed by atoms with Crippen LogP contribution in [0.15, 0.2) is 70.9 Å². The number of carbonyl (C=O) groups is 1. The third kappa shape index (κ3) is 6.20. The van der Waals surface area contributed by atoms with Crippen molar-refractivity contribution in [3.8, 4) is 17.2 Å². The molecule has 0 bridgehead atoms. The van der Waals surface area contributed by atoms with Crippen molar-refractivity contribution < 1.29 is 19.0 Å². The van der Waals surface area contributed by atoms with E-state index in [0.717, 1.165) is 6.42 Å². The van der Waals surface area contributed by atoms with Gasteiger partial charge in [0.25, 0.3) is 0 Å². The fraction of sp³-hybridized carbons (Fsp3) is 0.174.